The molecule has 1 amide bonds. The second-order valence-corrected chi connectivity index (χ2v) is 6.80. The molecule has 3 aromatic rings. The molecule has 1 unspecified atom stereocenters. The molecule has 1 N–H and O–H groups in total. The molecule has 26 heavy (non-hydrogen) atoms. The summed E-state index contributed by atoms with van der Waals surface area (Å²) in [5.41, 5.74) is 6.06. The molecule has 134 valence electrons. The smallest absolute Gasteiger partial charge is 0.244 e. The van der Waals surface area contributed by atoms with Crippen molar-refractivity contribution in [3.05, 3.63) is 65.5 Å². The van der Waals surface area contributed by atoms with Crippen LogP contribution in [0.4, 0.5) is 0 Å². The van der Waals surface area contributed by atoms with Crippen LogP contribution >= 0.6 is 0 Å². The van der Waals surface area contributed by atoms with Crippen LogP contribution < -0.4 is 5.32 Å². The zero-order valence-electron chi connectivity index (χ0n) is 15.8. The fourth-order valence-electron chi connectivity index (χ4n) is 2.80. The van der Waals surface area contributed by atoms with Crippen LogP contribution in [0.2, 0.25) is 0 Å². The molecule has 0 bridgehead atoms. The molecule has 1 aromatic carbocycles. The number of nitrogens with one attached hydrogen (secondary N) is 1. The van der Waals surface area contributed by atoms with Crippen molar-refractivity contribution in [3.8, 4) is 11.3 Å². The molecule has 0 saturated heterocycles. The third-order valence-corrected chi connectivity index (χ3v) is 4.54. The summed E-state index contributed by atoms with van der Waals surface area (Å²) in [7, 11) is 0. The number of carbonyl (C=O) groups is 1. The number of aromatic nitrogens is 2. The van der Waals surface area contributed by atoms with E-state index in [0.717, 1.165) is 34.6 Å². The molecule has 0 fully saturated rings. The van der Waals surface area contributed by atoms with Gasteiger partial charge in [0.25, 0.3) is 0 Å². The maximum Gasteiger partial charge on any atom is 0.244 e. The zero-order valence-corrected chi connectivity index (χ0v) is 15.8. The molecule has 2 heterocycles. The number of nitrogens with zero attached hydrogens (tertiary/aromatic N) is 2. The molecule has 2 aromatic heterocycles. The highest BCUT2D eigenvalue weighted by Crippen LogP contribution is 2.26. The molecule has 0 aliphatic carbocycles. The lowest BCUT2D eigenvalue weighted by molar-refractivity contribution is -0.117. The first-order valence-corrected chi connectivity index (χ1v) is 9.02. The Hall–Kier alpha value is -2.88. The summed E-state index contributed by atoms with van der Waals surface area (Å²) in [6.45, 7) is 8.17. The molecule has 4 nitrogen and oxygen atoms in total. The minimum atomic E-state index is -0.0868. The van der Waals surface area contributed by atoms with E-state index in [-0.39, 0.29) is 11.9 Å². The van der Waals surface area contributed by atoms with Crippen LogP contribution in [0.5, 0.6) is 0 Å². The van der Waals surface area contributed by atoms with Gasteiger partial charge in [0.1, 0.15) is 5.65 Å². The SMILES string of the molecule is CCC(C)NC(=O)/C=C/c1c(-c2ccc(C)cc2)nc2cc(C)ccn12. The van der Waals surface area contributed by atoms with Gasteiger partial charge in [-0.1, -0.05) is 36.8 Å². The van der Waals surface area contributed by atoms with Crippen LogP contribution in [0, 0.1) is 13.8 Å². The minimum absolute atomic E-state index is 0.0868. The van der Waals surface area contributed by atoms with E-state index in [9.17, 15) is 4.79 Å². The Morgan fingerprint density at radius 2 is 1.92 bits per heavy atom. The third-order valence-electron chi connectivity index (χ3n) is 4.54. The van der Waals surface area contributed by atoms with E-state index < -0.39 is 0 Å². The van der Waals surface area contributed by atoms with Crippen molar-refractivity contribution in [2.24, 2.45) is 0 Å². The highest BCUT2D eigenvalue weighted by molar-refractivity contribution is 5.93. The van der Waals surface area contributed by atoms with E-state index >= 15 is 0 Å². The van der Waals surface area contributed by atoms with Crippen LogP contribution in [0.25, 0.3) is 23.0 Å². The Labute approximate surface area is 154 Å². The number of aryl methyl sites for hydroxylation is 2. The van der Waals surface area contributed by atoms with Gasteiger partial charge in [-0.3, -0.25) is 9.20 Å². The fraction of sp³-hybridized carbons (Fsp3) is 0.273. The van der Waals surface area contributed by atoms with Crippen LogP contribution in [-0.4, -0.2) is 21.3 Å². The number of imidazole rings is 1. The highest BCUT2D eigenvalue weighted by atomic mass is 16.1. The first-order chi connectivity index (χ1) is 12.5. The van der Waals surface area contributed by atoms with E-state index in [1.54, 1.807) is 6.08 Å². The molecule has 0 radical (unpaired) electrons. The third kappa shape index (κ3) is 3.85. The van der Waals surface area contributed by atoms with Gasteiger partial charge in [0.15, 0.2) is 0 Å². The van der Waals surface area contributed by atoms with Crippen molar-refractivity contribution in [1.82, 2.24) is 14.7 Å². The van der Waals surface area contributed by atoms with Crippen molar-refractivity contribution in [1.29, 1.82) is 0 Å². The zero-order chi connectivity index (χ0) is 18.7. The number of amides is 1. The monoisotopic (exact) mass is 347 g/mol. The normalized spacial score (nSPS) is 12.6. The minimum Gasteiger partial charge on any atom is -0.350 e. The standard InChI is InChI=1S/C22H25N3O/c1-5-17(4)23-21(26)11-10-19-22(18-8-6-15(2)7-9-18)24-20-14-16(3)12-13-25(19)20/h6-14,17H,5H2,1-4H3,(H,23,26)/b11-10+. The molecule has 0 aliphatic rings. The number of hydrogen-bond acceptors (Lipinski definition) is 2. The van der Waals surface area contributed by atoms with Gasteiger partial charge < -0.3 is 5.32 Å². The molecule has 0 aliphatic heterocycles. The second-order valence-electron chi connectivity index (χ2n) is 6.80. The summed E-state index contributed by atoms with van der Waals surface area (Å²) >= 11 is 0. The lowest BCUT2D eigenvalue weighted by Gasteiger charge is -2.08. The van der Waals surface area contributed by atoms with E-state index in [0.29, 0.717) is 0 Å². The van der Waals surface area contributed by atoms with E-state index in [2.05, 4.69) is 50.4 Å². The number of fused-ring (bicyclic) bond motifs is 1. The first kappa shape index (κ1) is 17.9. The number of pyridine rings is 1. The van der Waals surface area contributed by atoms with Gasteiger partial charge in [0.2, 0.25) is 5.91 Å². The van der Waals surface area contributed by atoms with Gasteiger partial charge in [0.05, 0.1) is 11.4 Å². The summed E-state index contributed by atoms with van der Waals surface area (Å²) < 4.78 is 2.02. The topological polar surface area (TPSA) is 46.4 Å². The maximum absolute atomic E-state index is 12.2. The molecule has 3 rings (SSSR count). The van der Waals surface area contributed by atoms with Crippen LogP contribution in [0.1, 0.15) is 37.1 Å². The number of benzene rings is 1. The van der Waals surface area contributed by atoms with Crippen LogP contribution in [0.15, 0.2) is 48.7 Å². The summed E-state index contributed by atoms with van der Waals surface area (Å²) in [6.07, 6.45) is 6.35. The van der Waals surface area contributed by atoms with Crippen molar-refractivity contribution < 1.29 is 4.79 Å². The Bertz CT molecular complexity index is 951. The number of rotatable bonds is 5. The lowest BCUT2D eigenvalue weighted by Crippen LogP contribution is -2.30. The quantitative estimate of drug-likeness (QED) is 0.689. The summed E-state index contributed by atoms with van der Waals surface area (Å²) in [5.74, 6) is -0.0868. The Morgan fingerprint density at radius 3 is 2.62 bits per heavy atom. The van der Waals surface area contributed by atoms with Crippen LogP contribution in [0.3, 0.4) is 0 Å². The molecule has 0 saturated carbocycles. The molecular weight excluding hydrogens is 322 g/mol. The van der Waals surface area contributed by atoms with Crippen molar-refractivity contribution in [3.63, 3.8) is 0 Å². The van der Waals surface area contributed by atoms with Gasteiger partial charge >= 0.3 is 0 Å². The maximum atomic E-state index is 12.2. The Balaban J connectivity index is 2.05. The van der Waals surface area contributed by atoms with Gasteiger partial charge in [0, 0.05) is 23.9 Å². The van der Waals surface area contributed by atoms with E-state index in [1.807, 2.05) is 35.7 Å². The largest absolute Gasteiger partial charge is 0.350 e. The molecule has 0 spiro atoms. The van der Waals surface area contributed by atoms with Gasteiger partial charge in [-0.15, -0.1) is 0 Å². The summed E-state index contributed by atoms with van der Waals surface area (Å²) in [6, 6.07) is 12.6. The van der Waals surface area contributed by atoms with Crippen molar-refractivity contribution in [2.45, 2.75) is 40.2 Å². The number of hydrogen-bond donors (Lipinski definition) is 1. The summed E-state index contributed by atoms with van der Waals surface area (Å²) in [5, 5.41) is 2.96. The van der Waals surface area contributed by atoms with E-state index in [1.165, 1.54) is 5.56 Å². The predicted octanol–water partition coefficient (Wildman–Crippen LogP) is 4.55. The van der Waals surface area contributed by atoms with Crippen LogP contribution in [-0.2, 0) is 4.79 Å². The first-order valence-electron chi connectivity index (χ1n) is 9.02. The van der Waals surface area contributed by atoms with E-state index in [4.69, 9.17) is 4.98 Å². The van der Waals surface area contributed by atoms with Gasteiger partial charge in [-0.05, 0) is 51.0 Å². The average molecular weight is 347 g/mol. The number of carbonyl (C=O) groups excluding carboxylic acids is 1. The van der Waals surface area contributed by atoms with Gasteiger partial charge in [-0.25, -0.2) is 4.98 Å². The van der Waals surface area contributed by atoms with Crippen molar-refractivity contribution >= 4 is 17.6 Å². The van der Waals surface area contributed by atoms with Crippen molar-refractivity contribution in [2.75, 3.05) is 0 Å². The molecule has 1 atom stereocenters. The lowest BCUT2D eigenvalue weighted by atomic mass is 10.1. The fourth-order valence-corrected chi connectivity index (χ4v) is 2.80. The Kier molecular flexibility index (Phi) is 5.21. The molecule has 4 heteroatoms. The summed E-state index contributed by atoms with van der Waals surface area (Å²) in [4.78, 5) is 17.0. The highest BCUT2D eigenvalue weighted by Gasteiger charge is 2.12. The second kappa shape index (κ2) is 7.56. The molecular formula is C22H25N3O. The average Bonchev–Trinajstić information content (AvgIpc) is 2.98. The predicted molar refractivity (Wildman–Crippen MR) is 107 cm³/mol. The van der Waals surface area contributed by atoms with Gasteiger partial charge in [-0.2, -0.15) is 0 Å². The Morgan fingerprint density at radius 1 is 1.19 bits per heavy atom.